The summed E-state index contributed by atoms with van der Waals surface area (Å²) in [5.41, 5.74) is 2.02. The van der Waals surface area contributed by atoms with E-state index in [1.165, 1.54) is 0 Å². The van der Waals surface area contributed by atoms with Gasteiger partial charge < -0.3 is 10.1 Å². The van der Waals surface area contributed by atoms with Gasteiger partial charge in [-0.2, -0.15) is 0 Å². The average Bonchev–Trinajstić information content (AvgIpc) is 2.33. The summed E-state index contributed by atoms with van der Waals surface area (Å²) in [6.07, 6.45) is 4.49. The van der Waals surface area contributed by atoms with Gasteiger partial charge in [-0.25, -0.2) is 0 Å². The molecule has 0 spiro atoms. The molecule has 0 saturated carbocycles. The summed E-state index contributed by atoms with van der Waals surface area (Å²) in [6.45, 7) is 11.0. The smallest absolute Gasteiger partial charge is 0.0782 e. The highest BCUT2D eigenvalue weighted by Gasteiger charge is 2.08. The van der Waals surface area contributed by atoms with Gasteiger partial charge in [-0.3, -0.25) is 9.97 Å². The lowest BCUT2D eigenvalue weighted by Crippen LogP contribution is -2.23. The third kappa shape index (κ3) is 5.56. The first-order valence-corrected chi connectivity index (χ1v) is 6.70. The van der Waals surface area contributed by atoms with Crippen LogP contribution in [0.25, 0.3) is 0 Å². The molecule has 18 heavy (non-hydrogen) atoms. The number of hydrogen-bond acceptors (Lipinski definition) is 4. The molecule has 0 aliphatic rings. The van der Waals surface area contributed by atoms with Crippen molar-refractivity contribution in [2.24, 2.45) is 5.92 Å². The van der Waals surface area contributed by atoms with Crippen LogP contribution in [0.5, 0.6) is 0 Å². The van der Waals surface area contributed by atoms with Gasteiger partial charge in [0.2, 0.25) is 0 Å². The molecule has 1 N–H and O–H groups in total. The number of ether oxygens (including phenoxy) is 1. The molecule has 0 aromatic carbocycles. The van der Waals surface area contributed by atoms with Crippen LogP contribution in [0, 0.1) is 12.8 Å². The molecule has 0 radical (unpaired) electrons. The number of hydrogen-bond donors (Lipinski definition) is 1. The van der Waals surface area contributed by atoms with Crippen LogP contribution in [-0.2, 0) is 4.74 Å². The highest BCUT2D eigenvalue weighted by molar-refractivity contribution is 5.12. The number of rotatable bonds is 8. The maximum Gasteiger partial charge on any atom is 0.0782 e. The topological polar surface area (TPSA) is 47.0 Å². The summed E-state index contributed by atoms with van der Waals surface area (Å²) >= 11 is 0. The molecule has 0 amide bonds. The molecular formula is C14H25N3O. The van der Waals surface area contributed by atoms with Crippen LogP contribution in [0.2, 0.25) is 0 Å². The van der Waals surface area contributed by atoms with E-state index in [0.29, 0.717) is 5.92 Å². The van der Waals surface area contributed by atoms with E-state index in [9.17, 15) is 0 Å². The molecular weight excluding hydrogens is 226 g/mol. The predicted molar refractivity (Wildman–Crippen MR) is 73.5 cm³/mol. The summed E-state index contributed by atoms with van der Waals surface area (Å²) in [5, 5.41) is 3.45. The molecule has 1 aromatic rings. The molecule has 1 heterocycles. The van der Waals surface area contributed by atoms with E-state index < -0.39 is 0 Å². The Kier molecular flexibility index (Phi) is 6.83. The van der Waals surface area contributed by atoms with Gasteiger partial charge in [0.25, 0.3) is 0 Å². The second kappa shape index (κ2) is 8.16. The first-order chi connectivity index (χ1) is 8.61. The summed E-state index contributed by atoms with van der Waals surface area (Å²) in [6, 6.07) is 0.240. The summed E-state index contributed by atoms with van der Waals surface area (Å²) < 4.78 is 5.54. The van der Waals surface area contributed by atoms with Crippen molar-refractivity contribution >= 4 is 0 Å². The van der Waals surface area contributed by atoms with E-state index in [4.69, 9.17) is 4.74 Å². The minimum atomic E-state index is 0.240. The lowest BCUT2D eigenvalue weighted by Gasteiger charge is -2.14. The zero-order valence-corrected chi connectivity index (χ0v) is 11.9. The highest BCUT2D eigenvalue weighted by atomic mass is 16.5. The van der Waals surface area contributed by atoms with E-state index in [-0.39, 0.29) is 6.04 Å². The molecule has 1 aromatic heterocycles. The van der Waals surface area contributed by atoms with Crippen LogP contribution in [0.1, 0.15) is 44.6 Å². The summed E-state index contributed by atoms with van der Waals surface area (Å²) in [5.74, 6) is 0.610. The first-order valence-electron chi connectivity index (χ1n) is 6.70. The van der Waals surface area contributed by atoms with Gasteiger partial charge in [0, 0.05) is 31.6 Å². The van der Waals surface area contributed by atoms with Crippen molar-refractivity contribution in [1.82, 2.24) is 15.3 Å². The van der Waals surface area contributed by atoms with Crippen molar-refractivity contribution in [3.8, 4) is 0 Å². The van der Waals surface area contributed by atoms with Crippen LogP contribution >= 0.6 is 0 Å². The Bertz CT molecular complexity index is 342. The van der Waals surface area contributed by atoms with Crippen molar-refractivity contribution < 1.29 is 4.74 Å². The van der Waals surface area contributed by atoms with Crippen LogP contribution < -0.4 is 5.32 Å². The number of nitrogens with one attached hydrogen (secondary N) is 1. The fourth-order valence-electron chi connectivity index (χ4n) is 1.75. The molecule has 0 bridgehead atoms. The standard InChI is InChI=1S/C14H25N3O/c1-11(2)10-18-9-5-6-15-12(3)14-13(4)16-7-8-17-14/h7-8,11-12,15H,5-6,9-10H2,1-4H3. The lowest BCUT2D eigenvalue weighted by molar-refractivity contribution is 0.107. The monoisotopic (exact) mass is 251 g/mol. The third-order valence-electron chi connectivity index (χ3n) is 2.70. The maximum absolute atomic E-state index is 5.54. The van der Waals surface area contributed by atoms with Gasteiger partial charge in [-0.1, -0.05) is 13.8 Å². The van der Waals surface area contributed by atoms with Crippen LogP contribution in [0.15, 0.2) is 12.4 Å². The maximum atomic E-state index is 5.54. The van der Waals surface area contributed by atoms with Crippen molar-refractivity contribution in [1.29, 1.82) is 0 Å². The van der Waals surface area contributed by atoms with Crippen molar-refractivity contribution in [3.63, 3.8) is 0 Å². The van der Waals surface area contributed by atoms with Crippen LogP contribution in [0.4, 0.5) is 0 Å². The Labute approximate surface area is 110 Å². The average molecular weight is 251 g/mol. The Balaban J connectivity index is 2.18. The van der Waals surface area contributed by atoms with Gasteiger partial charge in [0.15, 0.2) is 0 Å². The van der Waals surface area contributed by atoms with E-state index in [1.807, 2.05) is 6.92 Å². The fourth-order valence-corrected chi connectivity index (χ4v) is 1.75. The molecule has 102 valence electrons. The van der Waals surface area contributed by atoms with Crippen LogP contribution in [0.3, 0.4) is 0 Å². The normalized spacial score (nSPS) is 12.9. The van der Waals surface area contributed by atoms with E-state index >= 15 is 0 Å². The predicted octanol–water partition coefficient (Wildman–Crippen LogP) is 2.50. The molecule has 0 aliphatic carbocycles. The quantitative estimate of drug-likeness (QED) is 0.721. The minimum absolute atomic E-state index is 0.240. The van der Waals surface area contributed by atoms with Gasteiger partial charge in [0.1, 0.15) is 0 Å². The zero-order valence-electron chi connectivity index (χ0n) is 11.9. The number of aryl methyl sites for hydroxylation is 1. The van der Waals surface area contributed by atoms with Gasteiger partial charge in [-0.15, -0.1) is 0 Å². The van der Waals surface area contributed by atoms with Gasteiger partial charge >= 0.3 is 0 Å². The van der Waals surface area contributed by atoms with Gasteiger partial charge in [0.05, 0.1) is 11.4 Å². The molecule has 4 heteroatoms. The molecule has 0 aliphatic heterocycles. The molecule has 1 unspecified atom stereocenters. The van der Waals surface area contributed by atoms with E-state index in [1.54, 1.807) is 12.4 Å². The van der Waals surface area contributed by atoms with E-state index in [2.05, 4.69) is 36.1 Å². The first kappa shape index (κ1) is 15.1. The fraction of sp³-hybridized carbons (Fsp3) is 0.714. The minimum Gasteiger partial charge on any atom is -0.381 e. The highest BCUT2D eigenvalue weighted by Crippen LogP contribution is 2.11. The number of nitrogens with zero attached hydrogens (tertiary/aromatic N) is 2. The molecule has 1 atom stereocenters. The molecule has 4 nitrogen and oxygen atoms in total. The molecule has 0 fully saturated rings. The lowest BCUT2D eigenvalue weighted by atomic mass is 10.2. The summed E-state index contributed by atoms with van der Waals surface area (Å²) in [7, 11) is 0. The summed E-state index contributed by atoms with van der Waals surface area (Å²) in [4.78, 5) is 8.61. The van der Waals surface area contributed by atoms with E-state index in [0.717, 1.165) is 37.6 Å². The Hall–Kier alpha value is -1.00. The second-order valence-electron chi connectivity index (χ2n) is 5.03. The molecule has 1 rings (SSSR count). The Morgan fingerprint density at radius 2 is 1.94 bits per heavy atom. The largest absolute Gasteiger partial charge is 0.381 e. The van der Waals surface area contributed by atoms with Crippen molar-refractivity contribution in [2.75, 3.05) is 19.8 Å². The number of aromatic nitrogens is 2. The van der Waals surface area contributed by atoms with Crippen LogP contribution in [-0.4, -0.2) is 29.7 Å². The van der Waals surface area contributed by atoms with Crippen molar-refractivity contribution in [3.05, 3.63) is 23.8 Å². The zero-order chi connectivity index (χ0) is 13.4. The Morgan fingerprint density at radius 3 is 2.61 bits per heavy atom. The second-order valence-corrected chi connectivity index (χ2v) is 5.03. The van der Waals surface area contributed by atoms with Crippen molar-refractivity contribution in [2.45, 2.75) is 40.2 Å². The molecule has 0 saturated heterocycles. The Morgan fingerprint density at radius 1 is 1.22 bits per heavy atom. The van der Waals surface area contributed by atoms with Gasteiger partial charge in [-0.05, 0) is 32.7 Å². The third-order valence-corrected chi connectivity index (χ3v) is 2.70. The SMILES string of the molecule is Cc1nccnc1C(C)NCCCOCC(C)C.